The lowest BCUT2D eigenvalue weighted by Crippen LogP contribution is -2.41. The predicted octanol–water partition coefficient (Wildman–Crippen LogP) is 2.86. The molecule has 0 atom stereocenters. The van der Waals surface area contributed by atoms with Crippen molar-refractivity contribution in [3.63, 3.8) is 0 Å². The molecule has 1 aromatic heterocycles. The molecule has 0 saturated carbocycles. The Morgan fingerprint density at radius 2 is 1.68 bits per heavy atom. The maximum absolute atomic E-state index is 12.0. The second kappa shape index (κ2) is 7.59. The van der Waals surface area contributed by atoms with Crippen LogP contribution in [0, 0.1) is 0 Å². The van der Waals surface area contributed by atoms with E-state index in [1.807, 2.05) is 0 Å². The van der Waals surface area contributed by atoms with E-state index in [-0.39, 0.29) is 17.9 Å². The number of cyclic esters (lactones) is 2. The van der Waals surface area contributed by atoms with Crippen LogP contribution >= 0.6 is 0 Å². The molecule has 8 nitrogen and oxygen atoms in total. The minimum absolute atomic E-state index is 0.0949. The van der Waals surface area contributed by atoms with E-state index in [9.17, 15) is 14.4 Å². The molecular formula is C20H18O8. The monoisotopic (exact) mass is 386 g/mol. The average molecular weight is 386 g/mol. The van der Waals surface area contributed by atoms with Gasteiger partial charge in [-0.05, 0) is 35.9 Å². The van der Waals surface area contributed by atoms with Gasteiger partial charge in [0.15, 0.2) is 0 Å². The summed E-state index contributed by atoms with van der Waals surface area (Å²) in [6, 6.07) is 9.80. The fourth-order valence-electron chi connectivity index (χ4n) is 2.43. The third kappa shape index (κ3) is 4.40. The topological polar surface area (TPSA) is 101 Å². The average Bonchev–Trinajstić information content (AvgIpc) is 3.11. The lowest BCUT2D eigenvalue weighted by atomic mass is 10.1. The highest BCUT2D eigenvalue weighted by molar-refractivity contribution is 6.18. The van der Waals surface area contributed by atoms with Gasteiger partial charge < -0.3 is 23.4 Å². The van der Waals surface area contributed by atoms with Gasteiger partial charge in [-0.1, -0.05) is 12.1 Å². The normalized spacial score (nSPS) is 15.5. The minimum atomic E-state index is -1.28. The Hall–Kier alpha value is -3.55. The Morgan fingerprint density at radius 3 is 2.29 bits per heavy atom. The Bertz CT molecular complexity index is 911. The molecule has 0 spiro atoms. The van der Waals surface area contributed by atoms with Crippen molar-refractivity contribution in [2.45, 2.75) is 26.2 Å². The number of esters is 3. The summed E-state index contributed by atoms with van der Waals surface area (Å²) >= 11 is 0. The minimum Gasteiger partial charge on any atom is -0.486 e. The number of carbonyl (C=O) groups is 3. The quantitative estimate of drug-likeness (QED) is 0.439. The third-order valence-corrected chi connectivity index (χ3v) is 3.74. The molecule has 0 aliphatic carbocycles. The summed E-state index contributed by atoms with van der Waals surface area (Å²) in [6.45, 7) is 3.09. The van der Waals surface area contributed by atoms with Crippen LogP contribution in [0.2, 0.25) is 0 Å². The zero-order valence-corrected chi connectivity index (χ0v) is 15.5. The highest BCUT2D eigenvalue weighted by Crippen LogP contribution is 2.25. The fraction of sp³-hybridized carbons (Fsp3) is 0.250. The number of rotatable bonds is 5. The van der Waals surface area contributed by atoms with Gasteiger partial charge in [0, 0.05) is 13.8 Å². The number of benzene rings is 1. The number of furan rings is 1. The van der Waals surface area contributed by atoms with E-state index in [2.05, 4.69) is 4.74 Å². The van der Waals surface area contributed by atoms with Gasteiger partial charge in [-0.2, -0.15) is 0 Å². The molecule has 0 bridgehead atoms. The molecule has 1 aliphatic rings. The lowest BCUT2D eigenvalue weighted by Gasteiger charge is -2.29. The first-order valence-electron chi connectivity index (χ1n) is 8.36. The summed E-state index contributed by atoms with van der Waals surface area (Å²) in [5, 5.41) is 0. The van der Waals surface area contributed by atoms with Crippen LogP contribution < -0.4 is 4.74 Å². The molecule has 2 heterocycles. The van der Waals surface area contributed by atoms with E-state index >= 15 is 0 Å². The van der Waals surface area contributed by atoms with Gasteiger partial charge in [0.05, 0.1) is 7.11 Å². The van der Waals surface area contributed by atoms with Crippen LogP contribution in [-0.2, 0) is 30.4 Å². The van der Waals surface area contributed by atoms with Crippen molar-refractivity contribution in [2.24, 2.45) is 0 Å². The second-order valence-corrected chi connectivity index (χ2v) is 6.35. The number of ether oxygens (including phenoxy) is 4. The lowest BCUT2D eigenvalue weighted by molar-refractivity contribution is -0.222. The van der Waals surface area contributed by atoms with E-state index in [0.29, 0.717) is 17.1 Å². The third-order valence-electron chi connectivity index (χ3n) is 3.74. The standard InChI is InChI=1S/C20H18O8/c1-20(2)27-17(21)15(18(22)28-20)10-12-4-6-13(7-5-12)25-11-14-8-9-16(26-14)19(23)24-3/h4-10H,11H2,1-3H3. The number of hydrogen-bond donors (Lipinski definition) is 0. The van der Waals surface area contributed by atoms with Gasteiger partial charge in [0.25, 0.3) is 5.79 Å². The Balaban J connectivity index is 1.64. The fourth-order valence-corrected chi connectivity index (χ4v) is 2.43. The van der Waals surface area contributed by atoms with E-state index in [1.165, 1.54) is 33.1 Å². The van der Waals surface area contributed by atoms with Crippen molar-refractivity contribution >= 4 is 24.0 Å². The number of carbonyl (C=O) groups excluding carboxylic acids is 3. The van der Waals surface area contributed by atoms with Crippen LogP contribution in [0.15, 0.2) is 46.4 Å². The highest BCUT2D eigenvalue weighted by Gasteiger charge is 2.38. The summed E-state index contributed by atoms with van der Waals surface area (Å²) in [5.41, 5.74) is 0.417. The Labute approximate surface area is 160 Å². The molecule has 1 saturated heterocycles. The van der Waals surface area contributed by atoms with Crippen LogP contribution in [0.3, 0.4) is 0 Å². The maximum Gasteiger partial charge on any atom is 0.373 e. The molecule has 1 fully saturated rings. The van der Waals surface area contributed by atoms with Gasteiger partial charge in [-0.15, -0.1) is 0 Å². The number of hydrogen-bond acceptors (Lipinski definition) is 8. The van der Waals surface area contributed by atoms with Crippen molar-refractivity contribution in [3.8, 4) is 5.75 Å². The zero-order chi connectivity index (χ0) is 20.3. The molecule has 8 heteroatoms. The number of methoxy groups -OCH3 is 1. The molecular weight excluding hydrogens is 368 g/mol. The van der Waals surface area contributed by atoms with Gasteiger partial charge in [-0.3, -0.25) is 0 Å². The van der Waals surface area contributed by atoms with Crippen LogP contribution in [0.1, 0.15) is 35.7 Å². The Morgan fingerprint density at radius 1 is 1.04 bits per heavy atom. The summed E-state index contributed by atoms with van der Waals surface area (Å²) in [4.78, 5) is 35.3. The molecule has 0 unspecified atom stereocenters. The summed E-state index contributed by atoms with van der Waals surface area (Å²) < 4.78 is 25.6. The van der Waals surface area contributed by atoms with Crippen molar-refractivity contribution < 1.29 is 37.7 Å². The maximum atomic E-state index is 12.0. The molecule has 2 aromatic rings. The summed E-state index contributed by atoms with van der Waals surface area (Å²) in [5.74, 6) is -2.22. The van der Waals surface area contributed by atoms with Gasteiger partial charge in [-0.25, -0.2) is 14.4 Å². The molecule has 0 radical (unpaired) electrons. The molecule has 1 aliphatic heterocycles. The Kier molecular flexibility index (Phi) is 5.21. The van der Waals surface area contributed by atoms with Gasteiger partial charge in [0.1, 0.15) is 23.7 Å². The molecule has 28 heavy (non-hydrogen) atoms. The van der Waals surface area contributed by atoms with E-state index < -0.39 is 23.7 Å². The highest BCUT2D eigenvalue weighted by atomic mass is 16.7. The van der Waals surface area contributed by atoms with Gasteiger partial charge >= 0.3 is 17.9 Å². The smallest absolute Gasteiger partial charge is 0.373 e. The predicted molar refractivity (Wildman–Crippen MR) is 95.1 cm³/mol. The van der Waals surface area contributed by atoms with Gasteiger partial charge in [0.2, 0.25) is 5.76 Å². The van der Waals surface area contributed by atoms with Crippen LogP contribution in [0.5, 0.6) is 5.75 Å². The van der Waals surface area contributed by atoms with Crippen molar-refractivity contribution in [1.29, 1.82) is 0 Å². The van der Waals surface area contributed by atoms with Crippen molar-refractivity contribution in [2.75, 3.05) is 7.11 Å². The molecule has 0 amide bonds. The first-order valence-corrected chi connectivity index (χ1v) is 8.36. The largest absolute Gasteiger partial charge is 0.486 e. The summed E-state index contributed by atoms with van der Waals surface area (Å²) in [6.07, 6.45) is 1.39. The van der Waals surface area contributed by atoms with Crippen molar-refractivity contribution in [1.82, 2.24) is 0 Å². The van der Waals surface area contributed by atoms with E-state index in [4.69, 9.17) is 18.6 Å². The molecule has 0 N–H and O–H groups in total. The first-order chi connectivity index (χ1) is 13.3. The molecule has 1 aromatic carbocycles. The van der Waals surface area contributed by atoms with E-state index in [1.54, 1.807) is 30.3 Å². The van der Waals surface area contributed by atoms with Crippen LogP contribution in [0.4, 0.5) is 0 Å². The van der Waals surface area contributed by atoms with Crippen LogP contribution in [-0.4, -0.2) is 30.8 Å². The first kappa shape index (κ1) is 19.2. The van der Waals surface area contributed by atoms with Crippen molar-refractivity contribution in [3.05, 3.63) is 59.1 Å². The molecule has 3 rings (SSSR count). The van der Waals surface area contributed by atoms with Crippen LogP contribution in [0.25, 0.3) is 6.08 Å². The second-order valence-electron chi connectivity index (χ2n) is 6.35. The zero-order valence-electron chi connectivity index (χ0n) is 15.5. The van der Waals surface area contributed by atoms with E-state index in [0.717, 1.165) is 0 Å². The molecule has 146 valence electrons. The SMILES string of the molecule is COC(=O)c1ccc(COc2ccc(C=C3C(=O)OC(C)(C)OC3=O)cc2)o1. The summed E-state index contributed by atoms with van der Waals surface area (Å²) in [7, 11) is 1.27.